The van der Waals surface area contributed by atoms with Gasteiger partial charge in [0.05, 0.1) is 12.3 Å². The Bertz CT molecular complexity index is 1010. The van der Waals surface area contributed by atoms with Crippen molar-refractivity contribution >= 4 is 17.7 Å². The number of carbonyl (C=O) groups excluding carboxylic acids is 2. The van der Waals surface area contributed by atoms with Crippen LogP contribution in [-0.4, -0.2) is 35.5 Å². The lowest BCUT2D eigenvalue weighted by molar-refractivity contribution is -0.124. The third kappa shape index (κ3) is 8.64. The minimum Gasteiger partial charge on any atom is -0.491 e. The van der Waals surface area contributed by atoms with E-state index in [-0.39, 0.29) is 24.8 Å². The van der Waals surface area contributed by atoms with Crippen molar-refractivity contribution in [3.63, 3.8) is 0 Å². The first kappa shape index (κ1) is 26.5. The van der Waals surface area contributed by atoms with Crippen LogP contribution in [-0.2, 0) is 9.53 Å². The highest BCUT2D eigenvalue weighted by Crippen LogP contribution is 2.31. The Labute approximate surface area is 195 Å². The van der Waals surface area contributed by atoms with Gasteiger partial charge in [-0.15, -0.1) is 0 Å². The van der Waals surface area contributed by atoms with Gasteiger partial charge in [0.25, 0.3) is 5.91 Å². The Kier molecular flexibility index (Phi) is 10.7. The molecule has 2 aromatic carbocycles. The molecular formula is C24H26F2N2O6. The number of halogens is 2. The number of hydrogen-bond donors (Lipinski definition) is 4. The third-order valence-electron chi connectivity index (χ3n) is 4.60. The van der Waals surface area contributed by atoms with Gasteiger partial charge in [0, 0.05) is 18.1 Å². The molecule has 0 aliphatic rings. The van der Waals surface area contributed by atoms with Crippen molar-refractivity contribution in [1.29, 1.82) is 0 Å². The van der Waals surface area contributed by atoms with E-state index in [2.05, 4.69) is 5.32 Å². The molecule has 8 nitrogen and oxygen atoms in total. The van der Waals surface area contributed by atoms with Gasteiger partial charge in [-0.1, -0.05) is 37.3 Å². The first-order valence-electron chi connectivity index (χ1n) is 10.4. The lowest BCUT2D eigenvalue weighted by Gasteiger charge is -2.24. The molecule has 4 N–H and O–H groups in total. The average molecular weight is 476 g/mol. The van der Waals surface area contributed by atoms with Gasteiger partial charge in [-0.3, -0.25) is 15.3 Å². The summed E-state index contributed by atoms with van der Waals surface area (Å²) in [5, 5.41) is 19.6. The first-order chi connectivity index (χ1) is 16.3. The average Bonchev–Trinajstić information content (AvgIpc) is 2.82. The number of hydroxylamine groups is 1. The van der Waals surface area contributed by atoms with Crippen LogP contribution in [0.1, 0.15) is 25.0 Å². The Balaban J connectivity index is 2.15. The van der Waals surface area contributed by atoms with Crippen LogP contribution in [0.2, 0.25) is 0 Å². The van der Waals surface area contributed by atoms with Gasteiger partial charge in [-0.2, -0.15) is 0 Å². The van der Waals surface area contributed by atoms with E-state index in [0.29, 0.717) is 23.8 Å². The number of anilines is 1. The summed E-state index contributed by atoms with van der Waals surface area (Å²) in [6.45, 7) is 1.83. The molecule has 10 heteroatoms. The number of amides is 2. The molecule has 0 heterocycles. The molecule has 2 atom stereocenters. The zero-order valence-electron chi connectivity index (χ0n) is 18.4. The normalized spacial score (nSPS) is 13.0. The molecule has 0 aliphatic heterocycles. The van der Waals surface area contributed by atoms with Gasteiger partial charge in [0.2, 0.25) is 0 Å². The molecule has 0 saturated heterocycles. The molecular weight excluding hydrogens is 450 g/mol. The predicted octanol–water partition coefficient (Wildman–Crippen LogP) is 4.27. The van der Waals surface area contributed by atoms with Crippen LogP contribution in [0.15, 0.2) is 66.8 Å². The molecule has 0 fully saturated rings. The topological polar surface area (TPSA) is 117 Å². The minimum absolute atomic E-state index is 0.133. The monoisotopic (exact) mass is 476 g/mol. The molecule has 0 spiro atoms. The molecule has 0 radical (unpaired) electrons. The fraction of sp³-hybridized carbons (Fsp3) is 0.250. The van der Waals surface area contributed by atoms with E-state index in [0.717, 1.165) is 18.2 Å². The Morgan fingerprint density at radius 2 is 1.85 bits per heavy atom. The summed E-state index contributed by atoms with van der Waals surface area (Å²) in [7, 11) is 0. The van der Waals surface area contributed by atoms with E-state index >= 15 is 0 Å². The number of hydrogen-bond acceptors (Lipinski definition) is 6. The zero-order valence-corrected chi connectivity index (χ0v) is 18.4. The van der Waals surface area contributed by atoms with E-state index in [4.69, 9.17) is 19.8 Å². The lowest BCUT2D eigenvalue weighted by Crippen LogP contribution is -2.22. The van der Waals surface area contributed by atoms with Crippen molar-refractivity contribution in [1.82, 2.24) is 5.48 Å². The summed E-state index contributed by atoms with van der Waals surface area (Å²) in [4.78, 5) is 23.5. The Morgan fingerprint density at radius 1 is 1.12 bits per heavy atom. The zero-order chi connectivity index (χ0) is 24.9. The molecule has 0 aliphatic carbocycles. The van der Waals surface area contributed by atoms with E-state index in [1.165, 1.54) is 11.6 Å². The number of carbonyl (C=O) groups is 2. The second-order valence-corrected chi connectivity index (χ2v) is 7.19. The minimum atomic E-state index is -0.937. The maximum absolute atomic E-state index is 13.9. The van der Waals surface area contributed by atoms with Crippen LogP contribution < -0.4 is 15.5 Å². The van der Waals surface area contributed by atoms with Crippen LogP contribution >= 0.6 is 0 Å². The lowest BCUT2D eigenvalue weighted by atomic mass is 9.94. The van der Waals surface area contributed by atoms with E-state index in [9.17, 15) is 18.4 Å². The predicted molar refractivity (Wildman–Crippen MR) is 120 cm³/mol. The summed E-state index contributed by atoms with van der Waals surface area (Å²) in [5.41, 5.74) is 1.89. The second-order valence-electron chi connectivity index (χ2n) is 7.19. The van der Waals surface area contributed by atoms with Crippen LogP contribution in [0, 0.1) is 17.6 Å². The molecule has 0 unspecified atom stereocenters. The van der Waals surface area contributed by atoms with Gasteiger partial charge < -0.3 is 14.6 Å². The molecule has 2 amide bonds. The number of benzene rings is 2. The molecule has 2 aromatic rings. The quantitative estimate of drug-likeness (QED) is 0.167. The highest BCUT2D eigenvalue weighted by Gasteiger charge is 2.24. The van der Waals surface area contributed by atoms with Crippen molar-refractivity contribution in [3.05, 3.63) is 84.0 Å². The third-order valence-corrected chi connectivity index (χ3v) is 4.60. The van der Waals surface area contributed by atoms with Crippen molar-refractivity contribution < 1.29 is 38.2 Å². The van der Waals surface area contributed by atoms with Crippen molar-refractivity contribution in [2.45, 2.75) is 19.4 Å². The molecule has 0 aromatic heterocycles. The fourth-order valence-corrected chi connectivity index (χ4v) is 2.95. The van der Waals surface area contributed by atoms with Crippen LogP contribution in [0.5, 0.6) is 5.75 Å². The highest BCUT2D eigenvalue weighted by atomic mass is 19.1. The maximum Gasteiger partial charge on any atom is 0.412 e. The summed E-state index contributed by atoms with van der Waals surface area (Å²) < 4.78 is 37.9. The summed E-state index contributed by atoms with van der Waals surface area (Å²) in [6, 6.07) is 9.49. The summed E-state index contributed by atoms with van der Waals surface area (Å²) in [5.74, 6) is -2.11. The van der Waals surface area contributed by atoms with Crippen molar-refractivity contribution in [2.24, 2.45) is 5.92 Å². The van der Waals surface area contributed by atoms with Crippen LogP contribution in [0.25, 0.3) is 0 Å². The maximum atomic E-state index is 13.9. The number of aliphatic hydroxyl groups is 1. The second kappa shape index (κ2) is 13.7. The van der Waals surface area contributed by atoms with E-state index in [1.807, 2.05) is 6.92 Å². The smallest absolute Gasteiger partial charge is 0.412 e. The Hall–Kier alpha value is -3.76. The molecule has 0 bridgehead atoms. The van der Waals surface area contributed by atoms with Gasteiger partial charge >= 0.3 is 6.09 Å². The van der Waals surface area contributed by atoms with Crippen molar-refractivity contribution in [3.8, 4) is 5.75 Å². The van der Waals surface area contributed by atoms with Gasteiger partial charge in [0.15, 0.2) is 0 Å². The molecule has 2 rings (SSSR count). The summed E-state index contributed by atoms with van der Waals surface area (Å²) in [6.07, 6.45) is 4.69. The van der Waals surface area contributed by atoms with Gasteiger partial charge in [-0.05, 0) is 36.2 Å². The number of ether oxygens (including phenoxy) is 2. The SMILES string of the molecule is C[C@H](C/C=C/C=C/C(=O)NO)[C@H](OC(=O)Nc1ccc(F)cc1F)c1ccc(OCCO)cc1. The fourth-order valence-electron chi connectivity index (χ4n) is 2.95. The van der Waals surface area contributed by atoms with Crippen LogP contribution in [0.3, 0.4) is 0 Å². The largest absolute Gasteiger partial charge is 0.491 e. The Morgan fingerprint density at radius 3 is 2.50 bits per heavy atom. The molecule has 182 valence electrons. The number of nitrogens with one attached hydrogen (secondary N) is 2. The van der Waals surface area contributed by atoms with E-state index < -0.39 is 29.7 Å². The van der Waals surface area contributed by atoms with Gasteiger partial charge in [-0.25, -0.2) is 19.1 Å². The standard InChI is InChI=1S/C24H26F2N2O6/c1-16(5-3-2-4-6-22(30)28-32)23(17-7-10-19(11-8-17)33-14-13-29)34-24(31)27-21-12-9-18(25)15-20(21)26/h2-4,6-12,15-16,23,29,32H,5,13-14H2,1H3,(H,27,31)(H,28,30)/b3-2+,6-4+/t16-,23+/m1/s1. The number of rotatable bonds is 11. The molecule has 0 saturated carbocycles. The van der Waals surface area contributed by atoms with Crippen LogP contribution in [0.4, 0.5) is 19.3 Å². The van der Waals surface area contributed by atoms with E-state index in [1.54, 1.807) is 36.4 Å². The summed E-state index contributed by atoms with van der Waals surface area (Å²) >= 11 is 0. The number of allylic oxidation sites excluding steroid dienone is 3. The number of aliphatic hydroxyl groups excluding tert-OH is 1. The van der Waals surface area contributed by atoms with Crippen molar-refractivity contribution in [2.75, 3.05) is 18.5 Å². The molecule has 34 heavy (non-hydrogen) atoms. The van der Waals surface area contributed by atoms with Gasteiger partial charge in [0.1, 0.15) is 30.1 Å². The highest BCUT2D eigenvalue weighted by molar-refractivity contribution is 5.86. The first-order valence-corrected chi connectivity index (χ1v) is 10.4.